The number of aromatic nitrogens is 1. The van der Waals surface area contributed by atoms with Crippen molar-refractivity contribution in [3.63, 3.8) is 0 Å². The largest absolute Gasteiger partial charge is 0.466 e. The van der Waals surface area contributed by atoms with E-state index in [0.717, 1.165) is 0 Å². The molecule has 0 aliphatic heterocycles. The van der Waals surface area contributed by atoms with Gasteiger partial charge in [0.1, 0.15) is 5.52 Å². The molecule has 65 valence electrons. The number of carbonyl (C=O) groups excluding carboxylic acids is 1. The highest BCUT2D eigenvalue weighted by molar-refractivity contribution is 6.04. The number of Topliss-reactive ketones (excluding diaryl/α,β-unsaturated/α-hetero) is 1. The first-order valence-electron chi connectivity index (χ1n) is 3.69. The summed E-state index contributed by atoms with van der Waals surface area (Å²) in [6.45, 7) is 1.42. The molecule has 0 spiro atoms. The van der Waals surface area contributed by atoms with Gasteiger partial charge in [0.05, 0.1) is 0 Å². The maximum absolute atomic E-state index is 11.1. The third-order valence-electron chi connectivity index (χ3n) is 1.72. The molecule has 0 saturated carbocycles. The van der Waals surface area contributed by atoms with Crippen molar-refractivity contribution in [1.82, 2.24) is 4.98 Å². The standard InChI is InChI=1S/C9H6NO3/c1-5(11)6-3-2-4-7-8(6)10-9(12)13-7/h3-4H,1H3,(H,10,12). The third kappa shape index (κ3) is 1.16. The first-order valence-corrected chi connectivity index (χ1v) is 3.69. The second kappa shape index (κ2) is 2.58. The van der Waals surface area contributed by atoms with Crippen molar-refractivity contribution in [2.75, 3.05) is 0 Å². The summed E-state index contributed by atoms with van der Waals surface area (Å²) in [6, 6.07) is 5.78. The van der Waals surface area contributed by atoms with Crippen molar-refractivity contribution in [1.29, 1.82) is 0 Å². The van der Waals surface area contributed by atoms with Gasteiger partial charge in [0.25, 0.3) is 0 Å². The number of rotatable bonds is 1. The average molecular weight is 176 g/mol. The first kappa shape index (κ1) is 7.79. The van der Waals surface area contributed by atoms with Gasteiger partial charge >= 0.3 is 6.08 Å². The Bertz CT molecular complexity index is 473. The van der Waals surface area contributed by atoms with Gasteiger partial charge in [-0.1, -0.05) is 0 Å². The van der Waals surface area contributed by atoms with Gasteiger partial charge in [-0.25, -0.2) is 0 Å². The minimum absolute atomic E-state index is 0.129. The molecule has 1 N–H and O–H groups in total. The Balaban J connectivity index is 2.82. The van der Waals surface area contributed by atoms with Crippen LogP contribution in [0.25, 0.3) is 11.1 Å². The van der Waals surface area contributed by atoms with Gasteiger partial charge in [0, 0.05) is 5.56 Å². The zero-order valence-electron chi connectivity index (χ0n) is 6.87. The first-order chi connectivity index (χ1) is 6.18. The monoisotopic (exact) mass is 176 g/mol. The quantitative estimate of drug-likeness (QED) is 0.669. The molecule has 0 amide bonds. The van der Waals surface area contributed by atoms with E-state index < -0.39 is 6.08 Å². The van der Waals surface area contributed by atoms with Crippen molar-refractivity contribution >= 4 is 16.9 Å². The van der Waals surface area contributed by atoms with Crippen molar-refractivity contribution in [3.8, 4) is 6.08 Å². The van der Waals surface area contributed by atoms with Crippen LogP contribution in [-0.2, 0) is 0 Å². The summed E-state index contributed by atoms with van der Waals surface area (Å²) in [6.07, 6.45) is -0.433. The molecular weight excluding hydrogens is 170 g/mol. The number of aromatic hydroxyl groups is 1. The van der Waals surface area contributed by atoms with Crippen molar-refractivity contribution in [2.45, 2.75) is 6.92 Å². The molecule has 0 unspecified atom stereocenters. The maximum Gasteiger partial charge on any atom is 0.392 e. The minimum Gasteiger partial charge on any atom is -0.466 e. The summed E-state index contributed by atoms with van der Waals surface area (Å²) in [5, 5.41) is 8.96. The zero-order valence-corrected chi connectivity index (χ0v) is 6.87. The molecule has 1 radical (unpaired) electrons. The van der Waals surface area contributed by atoms with Crippen LogP contribution in [0, 0.1) is 6.07 Å². The van der Waals surface area contributed by atoms with Crippen molar-refractivity contribution in [3.05, 3.63) is 23.8 Å². The zero-order chi connectivity index (χ0) is 9.42. The van der Waals surface area contributed by atoms with Crippen LogP contribution in [0.5, 0.6) is 6.08 Å². The molecule has 0 fully saturated rings. The second-order valence-electron chi connectivity index (χ2n) is 2.63. The molecule has 0 aliphatic rings. The summed E-state index contributed by atoms with van der Waals surface area (Å²) in [4.78, 5) is 14.8. The molecule has 2 aromatic rings. The van der Waals surface area contributed by atoms with E-state index in [1.54, 1.807) is 0 Å². The Labute approximate surface area is 73.8 Å². The van der Waals surface area contributed by atoms with Crippen LogP contribution in [0.3, 0.4) is 0 Å². The summed E-state index contributed by atoms with van der Waals surface area (Å²) in [5.74, 6) is -0.129. The fraction of sp³-hybridized carbons (Fsp3) is 0.111. The second-order valence-corrected chi connectivity index (χ2v) is 2.63. The van der Waals surface area contributed by atoms with Crippen LogP contribution in [0.2, 0.25) is 0 Å². The summed E-state index contributed by atoms with van der Waals surface area (Å²) < 4.78 is 4.82. The van der Waals surface area contributed by atoms with E-state index in [-0.39, 0.29) is 5.78 Å². The van der Waals surface area contributed by atoms with Gasteiger partial charge in [-0.15, -0.1) is 0 Å². The Morgan fingerprint density at radius 1 is 1.62 bits per heavy atom. The van der Waals surface area contributed by atoms with Crippen LogP contribution in [0.4, 0.5) is 0 Å². The van der Waals surface area contributed by atoms with E-state index in [9.17, 15) is 4.79 Å². The van der Waals surface area contributed by atoms with E-state index in [1.165, 1.54) is 19.1 Å². The fourth-order valence-corrected chi connectivity index (χ4v) is 1.15. The summed E-state index contributed by atoms with van der Waals surface area (Å²) in [5.41, 5.74) is 1.15. The molecule has 0 aliphatic carbocycles. The van der Waals surface area contributed by atoms with Gasteiger partial charge in [-0.3, -0.25) is 4.79 Å². The molecule has 1 aromatic carbocycles. The minimum atomic E-state index is -0.433. The molecule has 0 atom stereocenters. The highest BCUT2D eigenvalue weighted by atomic mass is 16.5. The molecule has 4 nitrogen and oxygen atoms in total. The number of ketones is 1. The van der Waals surface area contributed by atoms with E-state index in [2.05, 4.69) is 11.1 Å². The molecule has 1 heterocycles. The van der Waals surface area contributed by atoms with Crippen LogP contribution in [-0.4, -0.2) is 15.9 Å². The van der Waals surface area contributed by atoms with Crippen LogP contribution in [0.1, 0.15) is 17.3 Å². The topological polar surface area (TPSA) is 63.3 Å². The van der Waals surface area contributed by atoms with E-state index in [4.69, 9.17) is 9.52 Å². The van der Waals surface area contributed by atoms with Crippen LogP contribution >= 0.6 is 0 Å². The van der Waals surface area contributed by atoms with Gasteiger partial charge in [-0.05, 0) is 25.1 Å². The highest BCUT2D eigenvalue weighted by Gasteiger charge is 2.11. The van der Waals surface area contributed by atoms with Gasteiger partial charge in [0.15, 0.2) is 11.4 Å². The molecule has 4 heteroatoms. The number of hydrogen-bond donors (Lipinski definition) is 1. The summed E-state index contributed by atoms with van der Waals surface area (Å²) in [7, 11) is 0. The van der Waals surface area contributed by atoms with Crippen LogP contribution < -0.4 is 0 Å². The Morgan fingerprint density at radius 3 is 3.08 bits per heavy atom. The Morgan fingerprint density at radius 2 is 2.38 bits per heavy atom. The number of carbonyl (C=O) groups is 1. The van der Waals surface area contributed by atoms with Crippen LogP contribution in [0.15, 0.2) is 16.5 Å². The number of nitrogens with zero attached hydrogens (tertiary/aromatic N) is 1. The molecular formula is C9H6NO3. The van der Waals surface area contributed by atoms with E-state index in [1.807, 2.05) is 0 Å². The third-order valence-corrected chi connectivity index (χ3v) is 1.72. The lowest BCUT2D eigenvalue weighted by Crippen LogP contribution is -1.92. The molecule has 13 heavy (non-hydrogen) atoms. The smallest absolute Gasteiger partial charge is 0.392 e. The van der Waals surface area contributed by atoms with E-state index >= 15 is 0 Å². The Hall–Kier alpha value is -1.84. The van der Waals surface area contributed by atoms with Crippen molar-refractivity contribution in [2.24, 2.45) is 0 Å². The molecule has 1 aromatic heterocycles. The molecule has 0 bridgehead atoms. The number of oxazole rings is 1. The predicted octanol–water partition coefficient (Wildman–Crippen LogP) is 1.54. The van der Waals surface area contributed by atoms with Gasteiger partial charge in [0.2, 0.25) is 0 Å². The maximum atomic E-state index is 11.1. The number of fused-ring (bicyclic) bond motifs is 1. The van der Waals surface area contributed by atoms with Gasteiger partial charge < -0.3 is 9.52 Å². The predicted molar refractivity (Wildman–Crippen MR) is 44.5 cm³/mol. The molecule has 2 rings (SSSR count). The van der Waals surface area contributed by atoms with Crippen molar-refractivity contribution < 1.29 is 14.3 Å². The van der Waals surface area contributed by atoms with Gasteiger partial charge in [-0.2, -0.15) is 4.98 Å². The summed E-state index contributed by atoms with van der Waals surface area (Å²) >= 11 is 0. The Kier molecular flexibility index (Phi) is 1.55. The average Bonchev–Trinajstić information content (AvgIpc) is 2.43. The lowest BCUT2D eigenvalue weighted by Gasteiger charge is -1.92. The number of benzene rings is 1. The number of hydrogen-bond acceptors (Lipinski definition) is 4. The van der Waals surface area contributed by atoms with E-state index in [0.29, 0.717) is 16.7 Å². The fourth-order valence-electron chi connectivity index (χ4n) is 1.15. The SMILES string of the molecule is CC(=O)c1c[c]cc2oc(O)nc12. The molecule has 0 saturated heterocycles. The lowest BCUT2D eigenvalue weighted by atomic mass is 10.1. The highest BCUT2D eigenvalue weighted by Crippen LogP contribution is 2.22. The normalized spacial score (nSPS) is 10.5. The lowest BCUT2D eigenvalue weighted by molar-refractivity contribution is 0.101.